The van der Waals surface area contributed by atoms with E-state index in [0.717, 1.165) is 26.1 Å². The van der Waals surface area contributed by atoms with Gasteiger partial charge in [-0.1, -0.05) is 45.0 Å². The molecule has 0 unspecified atom stereocenters. The predicted molar refractivity (Wildman–Crippen MR) is 96.4 cm³/mol. The zero-order chi connectivity index (χ0) is 16.7. The molecule has 1 aromatic rings. The van der Waals surface area contributed by atoms with E-state index in [-0.39, 0.29) is 5.91 Å². The number of likely N-dealkylation sites (tertiary alicyclic amines) is 1. The van der Waals surface area contributed by atoms with Crippen LogP contribution in [0.1, 0.15) is 63.5 Å². The van der Waals surface area contributed by atoms with Crippen LogP contribution in [0.3, 0.4) is 0 Å². The number of nitrogens with one attached hydrogen (secondary N) is 1. The highest BCUT2D eigenvalue weighted by Gasteiger charge is 2.20. The second kappa shape index (κ2) is 9.07. The van der Waals surface area contributed by atoms with Crippen LogP contribution in [0.25, 0.3) is 0 Å². The van der Waals surface area contributed by atoms with Gasteiger partial charge in [0.25, 0.3) is 0 Å². The Balaban J connectivity index is 1.80. The van der Waals surface area contributed by atoms with Crippen LogP contribution in [0.15, 0.2) is 24.3 Å². The van der Waals surface area contributed by atoms with Crippen LogP contribution in [0.5, 0.6) is 0 Å². The fourth-order valence-electron chi connectivity index (χ4n) is 3.30. The van der Waals surface area contributed by atoms with E-state index in [2.05, 4.69) is 48.3 Å². The summed E-state index contributed by atoms with van der Waals surface area (Å²) >= 11 is 0. The number of nitrogens with zero attached hydrogens (tertiary/aromatic N) is 1. The first-order valence-electron chi connectivity index (χ1n) is 9.16. The summed E-state index contributed by atoms with van der Waals surface area (Å²) in [6.07, 6.45) is 4.04. The van der Waals surface area contributed by atoms with Crippen molar-refractivity contribution in [2.45, 2.75) is 58.9 Å². The van der Waals surface area contributed by atoms with Gasteiger partial charge in [0.05, 0.1) is 0 Å². The van der Waals surface area contributed by atoms with Gasteiger partial charge in [-0.2, -0.15) is 0 Å². The molecule has 128 valence electrons. The van der Waals surface area contributed by atoms with Crippen molar-refractivity contribution in [3.05, 3.63) is 35.4 Å². The van der Waals surface area contributed by atoms with Crippen LogP contribution in [0.2, 0.25) is 0 Å². The third kappa shape index (κ3) is 5.98. The third-order valence-corrected chi connectivity index (χ3v) is 4.72. The fraction of sp³-hybridized carbons (Fsp3) is 0.650. The lowest BCUT2D eigenvalue weighted by Crippen LogP contribution is -2.40. The monoisotopic (exact) mass is 316 g/mol. The quantitative estimate of drug-likeness (QED) is 0.826. The van der Waals surface area contributed by atoms with Crippen LogP contribution < -0.4 is 5.32 Å². The minimum atomic E-state index is 0.203. The molecule has 3 nitrogen and oxygen atoms in total. The summed E-state index contributed by atoms with van der Waals surface area (Å²) in [5.74, 6) is 1.39. The van der Waals surface area contributed by atoms with Gasteiger partial charge in [-0.05, 0) is 48.8 Å². The molecule has 1 heterocycles. The Bertz CT molecular complexity index is 481. The molecule has 2 rings (SSSR count). The second-order valence-electron chi connectivity index (χ2n) is 7.19. The molecule has 0 spiro atoms. The molecule has 1 aliphatic heterocycles. The Labute approximate surface area is 141 Å². The van der Waals surface area contributed by atoms with E-state index in [0.29, 0.717) is 18.3 Å². The maximum Gasteiger partial charge on any atom is 0.219 e. The van der Waals surface area contributed by atoms with E-state index >= 15 is 0 Å². The molecular formula is C20H32N2O. The van der Waals surface area contributed by atoms with Gasteiger partial charge in [-0.25, -0.2) is 0 Å². The number of amides is 1. The first kappa shape index (κ1) is 18.0. The number of carbonyl (C=O) groups excluding carboxylic acids is 1. The van der Waals surface area contributed by atoms with Gasteiger partial charge in [0.15, 0.2) is 0 Å². The van der Waals surface area contributed by atoms with Crippen molar-refractivity contribution < 1.29 is 4.79 Å². The highest BCUT2D eigenvalue weighted by Crippen LogP contribution is 2.20. The van der Waals surface area contributed by atoms with Crippen molar-refractivity contribution in [3.63, 3.8) is 0 Å². The summed E-state index contributed by atoms with van der Waals surface area (Å²) in [6, 6.07) is 9.04. The van der Waals surface area contributed by atoms with Gasteiger partial charge >= 0.3 is 0 Å². The van der Waals surface area contributed by atoms with Gasteiger partial charge in [0, 0.05) is 26.1 Å². The van der Waals surface area contributed by atoms with E-state index in [1.807, 2.05) is 6.92 Å². The summed E-state index contributed by atoms with van der Waals surface area (Å²) in [6.45, 7) is 10.6. The van der Waals surface area contributed by atoms with Crippen LogP contribution in [-0.4, -0.2) is 30.4 Å². The zero-order valence-electron chi connectivity index (χ0n) is 15.0. The third-order valence-electron chi connectivity index (χ3n) is 4.72. The van der Waals surface area contributed by atoms with Crippen molar-refractivity contribution in [1.29, 1.82) is 0 Å². The maximum atomic E-state index is 11.6. The largest absolute Gasteiger partial charge is 0.356 e. The van der Waals surface area contributed by atoms with Crippen molar-refractivity contribution in [2.24, 2.45) is 5.92 Å². The minimum absolute atomic E-state index is 0.203. The van der Waals surface area contributed by atoms with Crippen molar-refractivity contribution >= 4 is 5.91 Å². The molecule has 1 N–H and O–H groups in total. The standard InChI is InChI=1S/C20H32N2O/c1-4-6-20(23)21-13-18-7-5-12-22(15-18)14-17-8-10-19(11-9-17)16(2)3/h8-11,16,18H,4-7,12-15H2,1-3H3,(H,21,23)/t18-/m1/s1. The summed E-state index contributed by atoms with van der Waals surface area (Å²) < 4.78 is 0. The Morgan fingerprint density at radius 2 is 2.04 bits per heavy atom. The molecule has 0 saturated carbocycles. The highest BCUT2D eigenvalue weighted by atomic mass is 16.1. The normalized spacial score (nSPS) is 19.0. The predicted octanol–water partition coefficient (Wildman–Crippen LogP) is 3.94. The first-order chi connectivity index (χ1) is 11.1. The topological polar surface area (TPSA) is 32.3 Å². The number of carbonyl (C=O) groups is 1. The fourth-order valence-corrected chi connectivity index (χ4v) is 3.30. The molecule has 1 fully saturated rings. The second-order valence-corrected chi connectivity index (χ2v) is 7.19. The molecule has 1 amide bonds. The molecule has 0 radical (unpaired) electrons. The summed E-state index contributed by atoms with van der Waals surface area (Å²) in [7, 11) is 0. The molecule has 1 atom stereocenters. The van der Waals surface area contributed by atoms with Crippen LogP contribution in [0.4, 0.5) is 0 Å². The minimum Gasteiger partial charge on any atom is -0.356 e. The van der Waals surface area contributed by atoms with Gasteiger partial charge < -0.3 is 5.32 Å². The Morgan fingerprint density at radius 1 is 1.30 bits per heavy atom. The van der Waals surface area contributed by atoms with Gasteiger partial charge in [0.2, 0.25) is 5.91 Å². The SMILES string of the molecule is CCCC(=O)NC[C@H]1CCCN(Cc2ccc(C(C)C)cc2)C1. The van der Waals surface area contributed by atoms with Crippen molar-refractivity contribution in [1.82, 2.24) is 10.2 Å². The van der Waals surface area contributed by atoms with Gasteiger partial charge in [0.1, 0.15) is 0 Å². The number of hydrogen-bond acceptors (Lipinski definition) is 2. The molecule has 0 aromatic heterocycles. The van der Waals surface area contributed by atoms with E-state index in [4.69, 9.17) is 0 Å². The number of benzene rings is 1. The summed E-state index contributed by atoms with van der Waals surface area (Å²) in [5, 5.41) is 3.09. The molecule has 3 heteroatoms. The molecule has 1 saturated heterocycles. The Kier molecular flexibility index (Phi) is 7.10. The van der Waals surface area contributed by atoms with Crippen molar-refractivity contribution in [3.8, 4) is 0 Å². The molecule has 1 aromatic carbocycles. The van der Waals surface area contributed by atoms with Crippen LogP contribution in [0, 0.1) is 5.92 Å². The van der Waals surface area contributed by atoms with E-state index in [1.165, 1.54) is 30.5 Å². The maximum absolute atomic E-state index is 11.6. The van der Waals surface area contributed by atoms with E-state index < -0.39 is 0 Å². The molecule has 23 heavy (non-hydrogen) atoms. The number of hydrogen-bond donors (Lipinski definition) is 1. The summed E-state index contributed by atoms with van der Waals surface area (Å²) in [5.41, 5.74) is 2.80. The molecule has 1 aliphatic rings. The lowest BCUT2D eigenvalue weighted by molar-refractivity contribution is -0.121. The number of piperidine rings is 1. The lowest BCUT2D eigenvalue weighted by Gasteiger charge is -2.33. The molecule has 0 bridgehead atoms. The van der Waals surface area contributed by atoms with E-state index in [1.54, 1.807) is 0 Å². The highest BCUT2D eigenvalue weighted by molar-refractivity contribution is 5.75. The zero-order valence-corrected chi connectivity index (χ0v) is 15.0. The first-order valence-corrected chi connectivity index (χ1v) is 9.16. The van der Waals surface area contributed by atoms with Crippen LogP contribution >= 0.6 is 0 Å². The van der Waals surface area contributed by atoms with Gasteiger partial charge in [-0.15, -0.1) is 0 Å². The number of rotatable bonds is 7. The lowest BCUT2D eigenvalue weighted by atomic mass is 9.97. The average molecular weight is 316 g/mol. The van der Waals surface area contributed by atoms with Crippen LogP contribution in [-0.2, 0) is 11.3 Å². The Morgan fingerprint density at radius 3 is 2.70 bits per heavy atom. The average Bonchev–Trinajstić information content (AvgIpc) is 2.54. The molecular weight excluding hydrogens is 284 g/mol. The molecule has 0 aliphatic carbocycles. The van der Waals surface area contributed by atoms with Gasteiger partial charge in [-0.3, -0.25) is 9.69 Å². The Hall–Kier alpha value is -1.35. The summed E-state index contributed by atoms with van der Waals surface area (Å²) in [4.78, 5) is 14.2. The van der Waals surface area contributed by atoms with E-state index in [9.17, 15) is 4.79 Å². The van der Waals surface area contributed by atoms with Crippen molar-refractivity contribution in [2.75, 3.05) is 19.6 Å². The smallest absolute Gasteiger partial charge is 0.219 e.